The molecule has 2 aliphatic rings. The van der Waals surface area contributed by atoms with Crippen LogP contribution in [0.25, 0.3) is 0 Å². The first-order valence-corrected chi connectivity index (χ1v) is 6.62. The molecule has 1 aromatic rings. The molecule has 3 rings (SSSR count). The summed E-state index contributed by atoms with van der Waals surface area (Å²) in [7, 11) is 0. The van der Waals surface area contributed by atoms with Crippen molar-refractivity contribution in [1.29, 1.82) is 0 Å². The molecule has 1 fully saturated rings. The molecule has 1 unspecified atom stereocenters. The zero-order valence-corrected chi connectivity index (χ0v) is 10.1. The monoisotopic (exact) mass is 233 g/mol. The number of ether oxygens (including phenoxy) is 1. The summed E-state index contributed by atoms with van der Waals surface area (Å²) in [6.45, 7) is 1.89. The lowest BCUT2D eigenvalue weighted by Crippen LogP contribution is -2.14. The topological polar surface area (TPSA) is 47.0 Å². The van der Waals surface area contributed by atoms with Crippen LogP contribution in [0.1, 0.15) is 36.9 Å². The minimum atomic E-state index is 0.456. The first-order valence-electron chi connectivity index (χ1n) is 6.62. The van der Waals surface area contributed by atoms with Crippen LogP contribution in [0.2, 0.25) is 0 Å². The molecule has 0 radical (unpaired) electrons. The van der Waals surface area contributed by atoms with Crippen LogP contribution >= 0.6 is 0 Å². The molecule has 1 aromatic heterocycles. The zero-order chi connectivity index (χ0) is 11.5. The fourth-order valence-electron chi connectivity index (χ4n) is 2.74. The normalized spacial score (nSPS) is 22.7. The van der Waals surface area contributed by atoms with E-state index >= 15 is 0 Å². The van der Waals surface area contributed by atoms with Crippen LogP contribution in [-0.4, -0.2) is 29.2 Å². The largest absolute Gasteiger partial charge is 0.378 e. The number of aromatic nitrogens is 2. The van der Waals surface area contributed by atoms with Crippen LogP contribution in [0.15, 0.2) is 6.33 Å². The molecule has 1 aliphatic carbocycles. The van der Waals surface area contributed by atoms with Gasteiger partial charge in [0.1, 0.15) is 12.1 Å². The van der Waals surface area contributed by atoms with Crippen LogP contribution in [0, 0.1) is 0 Å². The SMILES string of the molecule is c1nc2c(c(NCCC3CCCO3)n1)CCC2. The molecule has 2 heterocycles. The minimum absolute atomic E-state index is 0.456. The Balaban J connectivity index is 1.56. The van der Waals surface area contributed by atoms with Gasteiger partial charge in [-0.3, -0.25) is 0 Å². The maximum atomic E-state index is 5.61. The summed E-state index contributed by atoms with van der Waals surface area (Å²) in [5.41, 5.74) is 2.57. The highest BCUT2D eigenvalue weighted by atomic mass is 16.5. The molecule has 1 saturated heterocycles. The first-order chi connectivity index (χ1) is 8.43. The molecule has 0 saturated carbocycles. The van der Waals surface area contributed by atoms with Gasteiger partial charge in [0.05, 0.1) is 6.10 Å². The summed E-state index contributed by atoms with van der Waals surface area (Å²) in [6, 6.07) is 0. The van der Waals surface area contributed by atoms with Crippen LogP contribution in [0.4, 0.5) is 5.82 Å². The zero-order valence-electron chi connectivity index (χ0n) is 10.1. The molecule has 1 atom stereocenters. The third kappa shape index (κ3) is 2.41. The Morgan fingerprint density at radius 1 is 1.29 bits per heavy atom. The second-order valence-electron chi connectivity index (χ2n) is 4.85. The van der Waals surface area contributed by atoms with Crippen LogP contribution < -0.4 is 5.32 Å². The molecular weight excluding hydrogens is 214 g/mol. The minimum Gasteiger partial charge on any atom is -0.378 e. The van der Waals surface area contributed by atoms with E-state index in [0.29, 0.717) is 6.10 Å². The molecule has 0 spiro atoms. The summed E-state index contributed by atoms with van der Waals surface area (Å²) in [6.07, 6.45) is 9.09. The summed E-state index contributed by atoms with van der Waals surface area (Å²) < 4.78 is 5.61. The van der Waals surface area contributed by atoms with E-state index in [4.69, 9.17) is 4.74 Å². The van der Waals surface area contributed by atoms with E-state index in [2.05, 4.69) is 15.3 Å². The Hall–Kier alpha value is -1.16. The van der Waals surface area contributed by atoms with Crippen molar-refractivity contribution in [2.45, 2.75) is 44.6 Å². The molecule has 1 N–H and O–H groups in total. The van der Waals surface area contributed by atoms with Crippen molar-refractivity contribution in [3.05, 3.63) is 17.6 Å². The van der Waals surface area contributed by atoms with Crippen molar-refractivity contribution < 1.29 is 4.74 Å². The average Bonchev–Trinajstić information content (AvgIpc) is 2.99. The van der Waals surface area contributed by atoms with E-state index in [1.165, 1.54) is 30.5 Å². The van der Waals surface area contributed by atoms with Crippen LogP contribution in [-0.2, 0) is 17.6 Å². The van der Waals surface area contributed by atoms with Gasteiger partial charge in [-0.25, -0.2) is 9.97 Å². The van der Waals surface area contributed by atoms with Gasteiger partial charge < -0.3 is 10.1 Å². The van der Waals surface area contributed by atoms with Gasteiger partial charge in [-0.05, 0) is 38.5 Å². The van der Waals surface area contributed by atoms with Gasteiger partial charge in [0.2, 0.25) is 0 Å². The van der Waals surface area contributed by atoms with E-state index in [1.807, 2.05) is 0 Å². The number of anilines is 1. The highest BCUT2D eigenvalue weighted by Crippen LogP contribution is 2.25. The molecular formula is C13H19N3O. The van der Waals surface area contributed by atoms with Gasteiger partial charge in [-0.15, -0.1) is 0 Å². The van der Waals surface area contributed by atoms with E-state index < -0.39 is 0 Å². The molecule has 0 bridgehead atoms. The van der Waals surface area contributed by atoms with E-state index in [9.17, 15) is 0 Å². The molecule has 4 heteroatoms. The quantitative estimate of drug-likeness (QED) is 0.863. The maximum Gasteiger partial charge on any atom is 0.132 e. The second-order valence-corrected chi connectivity index (χ2v) is 4.85. The summed E-state index contributed by atoms with van der Waals surface area (Å²) in [5.74, 6) is 1.05. The van der Waals surface area contributed by atoms with E-state index in [-0.39, 0.29) is 0 Å². The third-order valence-electron chi connectivity index (χ3n) is 3.66. The predicted octanol–water partition coefficient (Wildman–Crippen LogP) is 1.95. The number of nitrogens with zero attached hydrogens (tertiary/aromatic N) is 2. The third-order valence-corrected chi connectivity index (χ3v) is 3.66. The molecule has 1 aliphatic heterocycles. The fourth-order valence-corrected chi connectivity index (χ4v) is 2.74. The smallest absolute Gasteiger partial charge is 0.132 e. The summed E-state index contributed by atoms with van der Waals surface area (Å²) in [5, 5.41) is 3.44. The maximum absolute atomic E-state index is 5.61. The Kier molecular flexibility index (Phi) is 3.22. The van der Waals surface area contributed by atoms with Crippen molar-refractivity contribution in [2.24, 2.45) is 0 Å². The second kappa shape index (κ2) is 5.00. The lowest BCUT2D eigenvalue weighted by Gasteiger charge is -2.12. The lowest BCUT2D eigenvalue weighted by atomic mass is 10.2. The number of aryl methyl sites for hydroxylation is 1. The Morgan fingerprint density at radius 2 is 2.29 bits per heavy atom. The van der Waals surface area contributed by atoms with Crippen molar-refractivity contribution in [3.8, 4) is 0 Å². The van der Waals surface area contributed by atoms with Gasteiger partial charge in [-0.2, -0.15) is 0 Å². The first kappa shape index (κ1) is 11.0. The fraction of sp³-hybridized carbons (Fsp3) is 0.692. The van der Waals surface area contributed by atoms with Gasteiger partial charge in [0, 0.05) is 24.4 Å². The average molecular weight is 233 g/mol. The number of fused-ring (bicyclic) bond motifs is 1. The predicted molar refractivity (Wildman–Crippen MR) is 66.1 cm³/mol. The standard InChI is InChI=1S/C13H19N3O/c1-4-11-12(5-1)15-9-16-13(11)14-7-6-10-3-2-8-17-10/h9-10H,1-8H2,(H,14,15,16). The molecule has 92 valence electrons. The van der Waals surface area contributed by atoms with Gasteiger partial charge in [0.25, 0.3) is 0 Å². The van der Waals surface area contributed by atoms with E-state index in [1.54, 1.807) is 6.33 Å². The van der Waals surface area contributed by atoms with Crippen LogP contribution in [0.3, 0.4) is 0 Å². The number of rotatable bonds is 4. The van der Waals surface area contributed by atoms with Gasteiger partial charge in [0.15, 0.2) is 0 Å². The number of hydrogen-bond donors (Lipinski definition) is 1. The van der Waals surface area contributed by atoms with Crippen molar-refractivity contribution >= 4 is 5.82 Å². The Labute approximate surface area is 102 Å². The van der Waals surface area contributed by atoms with Gasteiger partial charge in [-0.1, -0.05) is 0 Å². The highest BCUT2D eigenvalue weighted by Gasteiger charge is 2.18. The summed E-state index contributed by atoms with van der Waals surface area (Å²) >= 11 is 0. The van der Waals surface area contributed by atoms with Gasteiger partial charge >= 0.3 is 0 Å². The number of hydrogen-bond acceptors (Lipinski definition) is 4. The highest BCUT2D eigenvalue weighted by molar-refractivity contribution is 5.47. The number of nitrogens with one attached hydrogen (secondary N) is 1. The van der Waals surface area contributed by atoms with E-state index in [0.717, 1.165) is 38.2 Å². The molecule has 0 amide bonds. The molecule has 0 aromatic carbocycles. The van der Waals surface area contributed by atoms with Crippen LogP contribution in [0.5, 0.6) is 0 Å². The van der Waals surface area contributed by atoms with Crippen molar-refractivity contribution in [2.75, 3.05) is 18.5 Å². The Bertz CT molecular complexity index is 388. The van der Waals surface area contributed by atoms with Crippen molar-refractivity contribution in [3.63, 3.8) is 0 Å². The molecule has 17 heavy (non-hydrogen) atoms. The lowest BCUT2D eigenvalue weighted by molar-refractivity contribution is 0.107. The Morgan fingerprint density at radius 3 is 3.18 bits per heavy atom. The summed E-state index contributed by atoms with van der Waals surface area (Å²) in [4.78, 5) is 8.68. The van der Waals surface area contributed by atoms with Crippen molar-refractivity contribution in [1.82, 2.24) is 9.97 Å². The molecule has 4 nitrogen and oxygen atoms in total.